The van der Waals surface area contributed by atoms with E-state index in [9.17, 15) is 9.18 Å². The smallest absolute Gasteiger partial charge is 0.306 e. The molecule has 0 atom stereocenters. The van der Waals surface area contributed by atoms with Gasteiger partial charge in [-0.3, -0.25) is 4.79 Å². The van der Waals surface area contributed by atoms with Crippen molar-refractivity contribution >= 4 is 17.3 Å². The molecule has 1 heterocycles. The fraction of sp³-hybridized carbons (Fsp3) is 0.333. The molecule has 0 amide bonds. The van der Waals surface area contributed by atoms with Gasteiger partial charge in [0, 0.05) is 17.4 Å². The van der Waals surface area contributed by atoms with Crippen molar-refractivity contribution in [3.05, 3.63) is 40.7 Å². The number of halogens is 1. The van der Waals surface area contributed by atoms with Crippen molar-refractivity contribution in [3.8, 4) is 10.6 Å². The number of carbonyl (C=O) groups excluding carboxylic acids is 1. The number of rotatable bonds is 5. The molecule has 106 valence electrons. The fourth-order valence-corrected chi connectivity index (χ4v) is 2.69. The van der Waals surface area contributed by atoms with E-state index in [1.807, 2.05) is 11.4 Å². The number of hydrogen-bond acceptors (Lipinski definition) is 4. The standard InChI is InChI=1S/C15H16FNO2S/c1-3-19-13(18)8-7-11-9-20-15(17-11)12-6-4-5-10(2)14(12)16/h4-6,9H,3,7-8H2,1-2H3. The highest BCUT2D eigenvalue weighted by Crippen LogP contribution is 2.28. The zero-order valence-corrected chi connectivity index (χ0v) is 12.3. The number of thiazole rings is 1. The van der Waals surface area contributed by atoms with Gasteiger partial charge in [-0.1, -0.05) is 12.1 Å². The van der Waals surface area contributed by atoms with E-state index in [1.165, 1.54) is 11.3 Å². The van der Waals surface area contributed by atoms with Crippen LogP contribution < -0.4 is 0 Å². The van der Waals surface area contributed by atoms with E-state index in [4.69, 9.17) is 4.74 Å². The van der Waals surface area contributed by atoms with Crippen LogP contribution in [0, 0.1) is 12.7 Å². The lowest BCUT2D eigenvalue weighted by molar-refractivity contribution is -0.143. The summed E-state index contributed by atoms with van der Waals surface area (Å²) >= 11 is 1.39. The largest absolute Gasteiger partial charge is 0.466 e. The van der Waals surface area contributed by atoms with Gasteiger partial charge < -0.3 is 4.74 Å². The maximum atomic E-state index is 14.0. The molecular weight excluding hydrogens is 277 g/mol. The molecule has 0 saturated carbocycles. The maximum absolute atomic E-state index is 14.0. The van der Waals surface area contributed by atoms with Crippen molar-refractivity contribution in [2.24, 2.45) is 0 Å². The van der Waals surface area contributed by atoms with Crippen molar-refractivity contribution in [3.63, 3.8) is 0 Å². The molecule has 0 aliphatic carbocycles. The van der Waals surface area contributed by atoms with Crippen LogP contribution in [-0.4, -0.2) is 17.6 Å². The number of carbonyl (C=O) groups is 1. The molecule has 0 spiro atoms. The number of benzene rings is 1. The van der Waals surface area contributed by atoms with E-state index in [2.05, 4.69) is 4.98 Å². The molecule has 0 aliphatic heterocycles. The third-order valence-electron chi connectivity index (χ3n) is 2.86. The molecule has 1 aromatic carbocycles. The van der Waals surface area contributed by atoms with Crippen LogP contribution >= 0.6 is 11.3 Å². The van der Waals surface area contributed by atoms with Crippen molar-refractivity contribution in [1.82, 2.24) is 4.98 Å². The van der Waals surface area contributed by atoms with E-state index in [1.54, 1.807) is 26.0 Å². The summed E-state index contributed by atoms with van der Waals surface area (Å²) in [6.07, 6.45) is 0.816. The Bertz CT molecular complexity index is 610. The third kappa shape index (κ3) is 3.42. The second kappa shape index (κ2) is 6.61. The lowest BCUT2D eigenvalue weighted by atomic mass is 10.1. The number of ether oxygens (including phenoxy) is 1. The van der Waals surface area contributed by atoms with Crippen LogP contribution in [0.5, 0.6) is 0 Å². The summed E-state index contributed by atoms with van der Waals surface area (Å²) in [7, 11) is 0. The second-order valence-electron chi connectivity index (χ2n) is 4.39. The van der Waals surface area contributed by atoms with Crippen LogP contribution in [-0.2, 0) is 16.0 Å². The van der Waals surface area contributed by atoms with Crippen LogP contribution in [0.25, 0.3) is 10.6 Å². The molecule has 0 bridgehead atoms. The number of aromatic nitrogens is 1. The quantitative estimate of drug-likeness (QED) is 0.788. The van der Waals surface area contributed by atoms with Gasteiger partial charge in [-0.25, -0.2) is 9.37 Å². The van der Waals surface area contributed by atoms with Crippen LogP contribution in [0.4, 0.5) is 4.39 Å². The van der Waals surface area contributed by atoms with Crippen molar-refractivity contribution in [2.45, 2.75) is 26.7 Å². The van der Waals surface area contributed by atoms with E-state index in [0.29, 0.717) is 35.6 Å². The zero-order chi connectivity index (χ0) is 14.5. The Labute approximate surface area is 121 Å². The van der Waals surface area contributed by atoms with Crippen LogP contribution in [0.15, 0.2) is 23.6 Å². The Morgan fingerprint density at radius 3 is 3.00 bits per heavy atom. The molecule has 1 aromatic heterocycles. The average molecular weight is 293 g/mol. The van der Waals surface area contributed by atoms with Gasteiger partial charge in [0.2, 0.25) is 0 Å². The highest BCUT2D eigenvalue weighted by atomic mass is 32.1. The molecule has 3 nitrogen and oxygen atoms in total. The van der Waals surface area contributed by atoms with Gasteiger partial charge in [-0.15, -0.1) is 11.3 Å². The van der Waals surface area contributed by atoms with Gasteiger partial charge in [0.25, 0.3) is 0 Å². The zero-order valence-electron chi connectivity index (χ0n) is 11.5. The van der Waals surface area contributed by atoms with Crippen molar-refractivity contribution in [1.29, 1.82) is 0 Å². The first-order valence-electron chi connectivity index (χ1n) is 6.47. The molecule has 0 saturated heterocycles. The predicted octanol–water partition coefficient (Wildman–Crippen LogP) is 3.75. The van der Waals surface area contributed by atoms with Gasteiger partial charge >= 0.3 is 5.97 Å². The summed E-state index contributed by atoms with van der Waals surface area (Å²) in [6, 6.07) is 5.26. The Morgan fingerprint density at radius 1 is 1.45 bits per heavy atom. The van der Waals surface area contributed by atoms with Crippen LogP contribution in [0.3, 0.4) is 0 Å². The van der Waals surface area contributed by atoms with E-state index >= 15 is 0 Å². The number of aryl methyl sites for hydroxylation is 2. The Hall–Kier alpha value is -1.75. The van der Waals surface area contributed by atoms with Gasteiger partial charge in [-0.05, 0) is 25.5 Å². The first-order chi connectivity index (χ1) is 9.61. The lowest BCUT2D eigenvalue weighted by Gasteiger charge is -2.02. The Morgan fingerprint density at radius 2 is 2.25 bits per heavy atom. The summed E-state index contributed by atoms with van der Waals surface area (Å²) in [5.74, 6) is -0.470. The minimum Gasteiger partial charge on any atom is -0.466 e. The predicted molar refractivity (Wildman–Crippen MR) is 77.2 cm³/mol. The van der Waals surface area contributed by atoms with E-state index < -0.39 is 0 Å². The maximum Gasteiger partial charge on any atom is 0.306 e. The summed E-state index contributed by atoms with van der Waals surface area (Å²) in [4.78, 5) is 15.7. The monoisotopic (exact) mass is 293 g/mol. The van der Waals surface area contributed by atoms with Crippen molar-refractivity contribution < 1.29 is 13.9 Å². The molecule has 0 aliphatic rings. The molecule has 2 rings (SSSR count). The first kappa shape index (κ1) is 14.7. The molecule has 2 aromatic rings. The second-order valence-corrected chi connectivity index (χ2v) is 5.24. The van der Waals surface area contributed by atoms with E-state index in [-0.39, 0.29) is 11.8 Å². The third-order valence-corrected chi connectivity index (χ3v) is 3.79. The first-order valence-corrected chi connectivity index (χ1v) is 7.35. The number of hydrogen-bond donors (Lipinski definition) is 0. The molecule has 0 unspecified atom stereocenters. The van der Waals surface area contributed by atoms with Crippen molar-refractivity contribution in [2.75, 3.05) is 6.61 Å². The normalized spacial score (nSPS) is 10.6. The average Bonchev–Trinajstić information content (AvgIpc) is 2.89. The van der Waals surface area contributed by atoms with Crippen LogP contribution in [0.2, 0.25) is 0 Å². The van der Waals surface area contributed by atoms with E-state index in [0.717, 1.165) is 5.69 Å². The Kier molecular flexibility index (Phi) is 4.84. The van der Waals surface area contributed by atoms with Gasteiger partial charge in [0.1, 0.15) is 10.8 Å². The van der Waals surface area contributed by atoms with Gasteiger partial charge in [0.05, 0.1) is 18.7 Å². The fourth-order valence-electron chi connectivity index (χ4n) is 1.82. The van der Waals surface area contributed by atoms with Gasteiger partial charge in [-0.2, -0.15) is 0 Å². The summed E-state index contributed by atoms with van der Waals surface area (Å²) in [5, 5.41) is 2.50. The molecule has 5 heteroatoms. The number of esters is 1. The Balaban J connectivity index is 2.09. The molecular formula is C15H16FNO2S. The minimum atomic E-state index is -0.237. The molecule has 20 heavy (non-hydrogen) atoms. The topological polar surface area (TPSA) is 39.2 Å². The summed E-state index contributed by atoms with van der Waals surface area (Å²) in [5.41, 5.74) is 1.90. The molecule has 0 fully saturated rings. The highest BCUT2D eigenvalue weighted by Gasteiger charge is 2.12. The number of nitrogens with zero attached hydrogens (tertiary/aromatic N) is 1. The minimum absolute atomic E-state index is 0.233. The summed E-state index contributed by atoms with van der Waals surface area (Å²) in [6.45, 7) is 3.89. The lowest BCUT2D eigenvalue weighted by Crippen LogP contribution is -2.05. The highest BCUT2D eigenvalue weighted by molar-refractivity contribution is 7.13. The molecule has 0 N–H and O–H groups in total. The summed E-state index contributed by atoms with van der Waals surface area (Å²) < 4.78 is 18.9. The van der Waals surface area contributed by atoms with Crippen LogP contribution in [0.1, 0.15) is 24.6 Å². The van der Waals surface area contributed by atoms with Gasteiger partial charge in [0.15, 0.2) is 0 Å². The SMILES string of the molecule is CCOC(=O)CCc1csc(-c2cccc(C)c2F)n1. The molecule has 0 radical (unpaired) electrons.